The summed E-state index contributed by atoms with van der Waals surface area (Å²) in [7, 11) is -3.65. The lowest BCUT2D eigenvalue weighted by atomic mass is 10.0. The fourth-order valence-corrected chi connectivity index (χ4v) is 3.45. The monoisotopic (exact) mass is 270 g/mol. The van der Waals surface area contributed by atoms with Crippen LogP contribution < -0.4 is 5.73 Å². The molecule has 2 rings (SSSR count). The Balaban J connectivity index is 2.27. The molecule has 1 heterocycles. The van der Waals surface area contributed by atoms with Gasteiger partial charge in [0.15, 0.2) is 0 Å². The van der Waals surface area contributed by atoms with Crippen molar-refractivity contribution in [1.82, 2.24) is 4.31 Å². The first-order valence-electron chi connectivity index (χ1n) is 5.44. The lowest BCUT2D eigenvalue weighted by Crippen LogP contribution is -2.50. The van der Waals surface area contributed by atoms with Crippen LogP contribution in [-0.2, 0) is 14.8 Å². The maximum absolute atomic E-state index is 12.2. The number of hydrogen-bond donors (Lipinski definition) is 2. The van der Waals surface area contributed by atoms with E-state index in [1.165, 1.54) is 12.1 Å². The summed E-state index contributed by atoms with van der Waals surface area (Å²) in [4.78, 5) is 11.1. The molecule has 7 heteroatoms. The molecule has 6 nitrogen and oxygen atoms in total. The van der Waals surface area contributed by atoms with E-state index in [0.717, 1.165) is 4.31 Å². The molecular weight excluding hydrogens is 256 g/mol. The van der Waals surface area contributed by atoms with Crippen molar-refractivity contribution < 1.29 is 18.3 Å². The number of carbonyl (C=O) groups is 1. The van der Waals surface area contributed by atoms with E-state index in [2.05, 4.69) is 0 Å². The van der Waals surface area contributed by atoms with Crippen LogP contribution >= 0.6 is 0 Å². The molecule has 1 aromatic carbocycles. The minimum atomic E-state index is -3.65. The van der Waals surface area contributed by atoms with E-state index in [4.69, 9.17) is 10.8 Å². The molecule has 0 amide bonds. The van der Waals surface area contributed by atoms with E-state index < -0.39 is 21.5 Å². The lowest BCUT2D eigenvalue weighted by Gasteiger charge is -2.19. The van der Waals surface area contributed by atoms with Gasteiger partial charge in [-0.25, -0.2) is 8.42 Å². The van der Waals surface area contributed by atoms with Gasteiger partial charge in [-0.15, -0.1) is 0 Å². The minimum absolute atomic E-state index is 0.119. The summed E-state index contributed by atoms with van der Waals surface area (Å²) >= 11 is 0. The third-order valence-electron chi connectivity index (χ3n) is 3.07. The van der Waals surface area contributed by atoms with Crippen molar-refractivity contribution >= 4 is 16.0 Å². The molecular formula is C11H14N2O4S. The highest BCUT2D eigenvalue weighted by Gasteiger charge is 2.45. The van der Waals surface area contributed by atoms with Gasteiger partial charge in [-0.2, -0.15) is 4.31 Å². The smallest absolute Gasteiger partial charge is 0.325 e. The molecule has 1 atom stereocenters. The van der Waals surface area contributed by atoms with Gasteiger partial charge in [-0.3, -0.25) is 4.79 Å². The number of nitrogens with zero attached hydrogens (tertiary/aromatic N) is 1. The molecule has 1 aliphatic heterocycles. The van der Waals surface area contributed by atoms with Crippen molar-refractivity contribution in [2.75, 3.05) is 13.1 Å². The Morgan fingerprint density at radius 1 is 1.33 bits per heavy atom. The number of nitrogens with two attached hydrogens (primary N) is 1. The van der Waals surface area contributed by atoms with E-state index in [1.54, 1.807) is 18.2 Å². The summed E-state index contributed by atoms with van der Waals surface area (Å²) in [6, 6.07) is 7.92. The molecule has 1 unspecified atom stereocenters. The molecule has 0 radical (unpaired) electrons. The minimum Gasteiger partial charge on any atom is -0.480 e. The number of carboxylic acids is 1. The van der Waals surface area contributed by atoms with Gasteiger partial charge in [0, 0.05) is 13.1 Å². The maximum Gasteiger partial charge on any atom is 0.325 e. The summed E-state index contributed by atoms with van der Waals surface area (Å²) in [5, 5.41) is 8.98. The summed E-state index contributed by atoms with van der Waals surface area (Å²) in [5.41, 5.74) is 4.18. The standard InChI is InChI=1S/C11H14N2O4S/c12-11(10(14)15)6-7-13(8-11)18(16,17)9-4-2-1-3-5-9/h1-5H,6-8,12H2,(H,14,15). The molecule has 1 saturated heterocycles. The summed E-state index contributed by atoms with van der Waals surface area (Å²) < 4.78 is 25.6. The van der Waals surface area contributed by atoms with Gasteiger partial charge in [-0.05, 0) is 18.6 Å². The molecule has 1 aromatic rings. The summed E-state index contributed by atoms with van der Waals surface area (Å²) in [6.45, 7) is -0.0699. The van der Waals surface area contributed by atoms with Gasteiger partial charge in [-0.1, -0.05) is 18.2 Å². The molecule has 1 aliphatic rings. The molecule has 0 aromatic heterocycles. The Kier molecular flexibility index (Phi) is 3.14. The predicted molar refractivity (Wildman–Crippen MR) is 64.4 cm³/mol. The first-order chi connectivity index (χ1) is 8.36. The van der Waals surface area contributed by atoms with Crippen LogP contribution in [0.3, 0.4) is 0 Å². The molecule has 0 aliphatic carbocycles. The van der Waals surface area contributed by atoms with Crippen LogP contribution in [0.15, 0.2) is 35.2 Å². The fraction of sp³-hybridized carbons (Fsp3) is 0.364. The highest BCUT2D eigenvalue weighted by Crippen LogP contribution is 2.25. The number of hydrogen-bond acceptors (Lipinski definition) is 4. The first-order valence-corrected chi connectivity index (χ1v) is 6.88. The number of carboxylic acid groups (broad SMARTS) is 1. The molecule has 0 saturated carbocycles. The second-order valence-electron chi connectivity index (χ2n) is 4.36. The van der Waals surface area contributed by atoms with E-state index in [1.807, 2.05) is 0 Å². The summed E-state index contributed by atoms with van der Waals surface area (Å²) in [5.74, 6) is -1.17. The Bertz CT molecular complexity index is 558. The summed E-state index contributed by atoms with van der Waals surface area (Å²) in [6.07, 6.45) is 0.119. The van der Waals surface area contributed by atoms with Crippen LogP contribution in [0.5, 0.6) is 0 Å². The molecule has 3 N–H and O–H groups in total. The highest BCUT2D eigenvalue weighted by molar-refractivity contribution is 7.89. The average Bonchev–Trinajstić information content (AvgIpc) is 2.75. The average molecular weight is 270 g/mol. The number of benzene rings is 1. The molecule has 98 valence electrons. The lowest BCUT2D eigenvalue weighted by molar-refractivity contribution is -0.142. The van der Waals surface area contributed by atoms with E-state index in [-0.39, 0.29) is 24.4 Å². The van der Waals surface area contributed by atoms with Crippen LogP contribution in [-0.4, -0.2) is 42.4 Å². The molecule has 1 fully saturated rings. The van der Waals surface area contributed by atoms with Gasteiger partial charge >= 0.3 is 5.97 Å². The van der Waals surface area contributed by atoms with Crippen molar-refractivity contribution in [3.05, 3.63) is 30.3 Å². The van der Waals surface area contributed by atoms with Gasteiger partial charge in [0.05, 0.1) is 4.90 Å². The Labute approximate surface area is 105 Å². The zero-order valence-corrected chi connectivity index (χ0v) is 10.4. The highest BCUT2D eigenvalue weighted by atomic mass is 32.2. The largest absolute Gasteiger partial charge is 0.480 e. The van der Waals surface area contributed by atoms with Crippen molar-refractivity contribution in [2.24, 2.45) is 5.73 Å². The van der Waals surface area contributed by atoms with Gasteiger partial charge in [0.1, 0.15) is 5.54 Å². The van der Waals surface area contributed by atoms with Crippen LogP contribution in [0.1, 0.15) is 6.42 Å². The zero-order valence-electron chi connectivity index (χ0n) is 9.61. The van der Waals surface area contributed by atoms with E-state index >= 15 is 0 Å². The van der Waals surface area contributed by atoms with Crippen molar-refractivity contribution in [1.29, 1.82) is 0 Å². The third-order valence-corrected chi connectivity index (χ3v) is 4.93. The van der Waals surface area contributed by atoms with Crippen LogP contribution in [0.25, 0.3) is 0 Å². The van der Waals surface area contributed by atoms with Crippen molar-refractivity contribution in [3.8, 4) is 0 Å². The second-order valence-corrected chi connectivity index (χ2v) is 6.30. The van der Waals surface area contributed by atoms with E-state index in [0.29, 0.717) is 0 Å². The van der Waals surface area contributed by atoms with Gasteiger partial charge in [0.25, 0.3) is 0 Å². The predicted octanol–water partition coefficient (Wildman–Crippen LogP) is -0.137. The SMILES string of the molecule is NC1(C(=O)O)CCN(S(=O)(=O)c2ccccc2)C1. The maximum atomic E-state index is 12.2. The quantitative estimate of drug-likeness (QED) is 0.796. The van der Waals surface area contributed by atoms with Crippen LogP contribution in [0.2, 0.25) is 0 Å². The van der Waals surface area contributed by atoms with Gasteiger partial charge in [0.2, 0.25) is 10.0 Å². The third kappa shape index (κ3) is 2.12. The first kappa shape index (κ1) is 13.0. The Hall–Kier alpha value is -1.44. The van der Waals surface area contributed by atoms with Gasteiger partial charge < -0.3 is 10.8 Å². The number of sulfonamides is 1. The Morgan fingerprint density at radius 3 is 2.44 bits per heavy atom. The number of aliphatic carboxylic acids is 1. The fourth-order valence-electron chi connectivity index (χ4n) is 1.92. The van der Waals surface area contributed by atoms with Crippen molar-refractivity contribution in [3.63, 3.8) is 0 Å². The normalized spacial score (nSPS) is 25.2. The van der Waals surface area contributed by atoms with Crippen molar-refractivity contribution in [2.45, 2.75) is 16.9 Å². The van der Waals surface area contributed by atoms with E-state index in [9.17, 15) is 13.2 Å². The second kappa shape index (κ2) is 4.34. The molecule has 18 heavy (non-hydrogen) atoms. The van der Waals surface area contributed by atoms with Crippen LogP contribution in [0, 0.1) is 0 Å². The molecule has 0 bridgehead atoms. The topological polar surface area (TPSA) is 101 Å². The zero-order chi connectivity index (χ0) is 13.4. The number of rotatable bonds is 3. The van der Waals surface area contributed by atoms with Crippen LogP contribution in [0.4, 0.5) is 0 Å². The molecule has 0 spiro atoms. The Morgan fingerprint density at radius 2 is 1.94 bits per heavy atom.